The highest BCUT2D eigenvalue weighted by Gasteiger charge is 1.84. The van der Waals surface area contributed by atoms with Crippen LogP contribution in [-0.4, -0.2) is 15.0 Å². The van der Waals surface area contributed by atoms with Gasteiger partial charge in [-0.2, -0.15) is 0 Å². The van der Waals surface area contributed by atoms with Crippen molar-refractivity contribution in [3.8, 4) is 0 Å². The van der Waals surface area contributed by atoms with Crippen molar-refractivity contribution in [1.82, 2.24) is 15.0 Å². The van der Waals surface area contributed by atoms with Gasteiger partial charge in [0.05, 0.1) is 12.7 Å². The zero-order valence-electron chi connectivity index (χ0n) is 6.28. The van der Waals surface area contributed by atoms with E-state index >= 15 is 0 Å². The van der Waals surface area contributed by atoms with E-state index in [4.69, 9.17) is 0 Å². The smallest absolute Gasteiger partial charge is 0.0693 e. The number of aromatic nitrogens is 3. The lowest BCUT2D eigenvalue weighted by molar-refractivity contribution is 0.659. The van der Waals surface area contributed by atoms with Gasteiger partial charge >= 0.3 is 0 Å². The maximum Gasteiger partial charge on any atom is 0.0693 e. The van der Waals surface area contributed by atoms with Crippen molar-refractivity contribution in [3.05, 3.63) is 24.0 Å². The fraction of sp³-hybridized carbons (Fsp3) is 0.429. The molecule has 1 rings (SSSR count). The van der Waals surface area contributed by atoms with Gasteiger partial charge in [0.2, 0.25) is 0 Å². The molecule has 3 nitrogen and oxygen atoms in total. The Labute approximate surface area is 60.4 Å². The first-order chi connectivity index (χ1) is 4.79. The zero-order valence-corrected chi connectivity index (χ0v) is 6.28. The van der Waals surface area contributed by atoms with E-state index < -0.39 is 0 Å². The van der Waals surface area contributed by atoms with Crippen molar-refractivity contribution >= 4 is 0 Å². The summed E-state index contributed by atoms with van der Waals surface area (Å²) in [4.78, 5) is 0. The Kier molecular flexibility index (Phi) is 2.20. The Balaban J connectivity index is 2.49. The van der Waals surface area contributed by atoms with Crippen LogP contribution in [0.2, 0.25) is 0 Å². The molecule has 0 unspecified atom stereocenters. The number of nitrogens with zero attached hydrogens (tertiary/aromatic N) is 3. The molecule has 0 amide bonds. The predicted molar refractivity (Wildman–Crippen MR) is 39.5 cm³/mol. The zero-order chi connectivity index (χ0) is 7.40. The fourth-order valence-electron chi connectivity index (χ4n) is 0.606. The van der Waals surface area contributed by atoms with E-state index in [1.807, 2.05) is 6.20 Å². The molecule has 0 atom stereocenters. The Hall–Kier alpha value is -1.12. The molecule has 0 aromatic carbocycles. The normalized spacial score (nSPS) is 9.40. The molecular formula is C7H11N3. The molecule has 1 heterocycles. The van der Waals surface area contributed by atoms with Gasteiger partial charge in [-0.1, -0.05) is 16.9 Å². The lowest BCUT2D eigenvalue weighted by atomic mass is 10.3. The van der Waals surface area contributed by atoms with Crippen LogP contribution < -0.4 is 0 Å². The number of rotatable bonds is 2. The van der Waals surface area contributed by atoms with Gasteiger partial charge in [-0.25, -0.2) is 4.68 Å². The summed E-state index contributed by atoms with van der Waals surface area (Å²) < 4.78 is 1.78. The molecular weight excluding hydrogens is 126 g/mol. The highest BCUT2D eigenvalue weighted by molar-refractivity contribution is 4.92. The van der Waals surface area contributed by atoms with Crippen molar-refractivity contribution in [1.29, 1.82) is 0 Å². The van der Waals surface area contributed by atoms with Crippen molar-refractivity contribution in [2.24, 2.45) is 0 Å². The fourth-order valence-corrected chi connectivity index (χ4v) is 0.606. The van der Waals surface area contributed by atoms with Crippen LogP contribution in [0.4, 0.5) is 0 Å². The largest absolute Gasteiger partial charge is 0.249 e. The first-order valence-corrected chi connectivity index (χ1v) is 3.26. The van der Waals surface area contributed by atoms with Crippen LogP contribution in [0.3, 0.4) is 0 Å². The molecule has 1 aromatic heterocycles. The minimum Gasteiger partial charge on any atom is -0.249 e. The lowest BCUT2D eigenvalue weighted by Gasteiger charge is -1.92. The first-order valence-electron chi connectivity index (χ1n) is 3.26. The topological polar surface area (TPSA) is 30.7 Å². The second-order valence-corrected chi connectivity index (χ2v) is 2.41. The summed E-state index contributed by atoms with van der Waals surface area (Å²) in [5, 5.41) is 7.49. The quantitative estimate of drug-likeness (QED) is 0.574. The van der Waals surface area contributed by atoms with E-state index in [1.165, 1.54) is 5.57 Å². The predicted octanol–water partition coefficient (Wildman–Crippen LogP) is 1.24. The standard InChI is InChI=1S/C7H11N3/c1-7(2)3-5-10-6-4-8-9-10/h3-4,6H,5H2,1-2H3. The van der Waals surface area contributed by atoms with Crippen molar-refractivity contribution in [2.45, 2.75) is 20.4 Å². The summed E-state index contributed by atoms with van der Waals surface area (Å²) in [5.74, 6) is 0. The van der Waals surface area contributed by atoms with E-state index in [1.54, 1.807) is 10.9 Å². The molecule has 0 aliphatic rings. The third kappa shape index (κ3) is 2.01. The molecule has 0 N–H and O–H groups in total. The van der Waals surface area contributed by atoms with Crippen LogP contribution in [0.1, 0.15) is 13.8 Å². The minimum absolute atomic E-state index is 0.822. The number of hydrogen-bond donors (Lipinski definition) is 0. The van der Waals surface area contributed by atoms with Gasteiger partial charge in [-0.3, -0.25) is 0 Å². The molecule has 10 heavy (non-hydrogen) atoms. The van der Waals surface area contributed by atoms with Crippen LogP contribution in [0.25, 0.3) is 0 Å². The molecule has 0 aliphatic carbocycles. The highest BCUT2D eigenvalue weighted by atomic mass is 15.4. The molecule has 0 spiro atoms. The van der Waals surface area contributed by atoms with Crippen LogP contribution in [-0.2, 0) is 6.54 Å². The molecule has 0 saturated heterocycles. The lowest BCUT2D eigenvalue weighted by Crippen LogP contribution is -1.95. The summed E-state index contributed by atoms with van der Waals surface area (Å²) in [6, 6.07) is 0. The van der Waals surface area contributed by atoms with E-state index in [-0.39, 0.29) is 0 Å². The van der Waals surface area contributed by atoms with Crippen LogP contribution >= 0.6 is 0 Å². The minimum atomic E-state index is 0.822. The molecule has 0 aliphatic heterocycles. The summed E-state index contributed by atoms with van der Waals surface area (Å²) in [7, 11) is 0. The Morgan fingerprint density at radius 3 is 2.90 bits per heavy atom. The maximum atomic E-state index is 3.81. The van der Waals surface area contributed by atoms with Gasteiger partial charge in [0.25, 0.3) is 0 Å². The number of hydrogen-bond acceptors (Lipinski definition) is 2. The molecule has 3 heteroatoms. The third-order valence-electron chi connectivity index (χ3n) is 1.16. The number of allylic oxidation sites excluding steroid dienone is 2. The van der Waals surface area contributed by atoms with Gasteiger partial charge in [0.1, 0.15) is 0 Å². The van der Waals surface area contributed by atoms with E-state index in [2.05, 4.69) is 30.2 Å². The summed E-state index contributed by atoms with van der Waals surface area (Å²) in [6.07, 6.45) is 5.63. The molecule has 1 aromatic rings. The van der Waals surface area contributed by atoms with Gasteiger partial charge in [-0.05, 0) is 13.8 Å². The van der Waals surface area contributed by atoms with Crippen LogP contribution in [0, 0.1) is 0 Å². The van der Waals surface area contributed by atoms with Gasteiger partial charge in [-0.15, -0.1) is 5.10 Å². The van der Waals surface area contributed by atoms with Gasteiger partial charge in [0, 0.05) is 6.20 Å². The van der Waals surface area contributed by atoms with Crippen molar-refractivity contribution in [3.63, 3.8) is 0 Å². The van der Waals surface area contributed by atoms with Gasteiger partial charge < -0.3 is 0 Å². The van der Waals surface area contributed by atoms with E-state index in [0.717, 1.165) is 6.54 Å². The third-order valence-corrected chi connectivity index (χ3v) is 1.16. The molecule has 0 fully saturated rings. The summed E-state index contributed by atoms with van der Waals surface area (Å²) in [5.41, 5.74) is 1.30. The van der Waals surface area contributed by atoms with E-state index in [9.17, 15) is 0 Å². The Bertz CT molecular complexity index is 207. The molecule has 0 saturated carbocycles. The van der Waals surface area contributed by atoms with Crippen LogP contribution in [0.15, 0.2) is 24.0 Å². The Morgan fingerprint density at radius 1 is 1.60 bits per heavy atom. The maximum absolute atomic E-state index is 3.81. The Morgan fingerprint density at radius 2 is 2.40 bits per heavy atom. The molecule has 0 radical (unpaired) electrons. The monoisotopic (exact) mass is 137 g/mol. The van der Waals surface area contributed by atoms with Crippen molar-refractivity contribution in [2.75, 3.05) is 0 Å². The second kappa shape index (κ2) is 3.15. The summed E-state index contributed by atoms with van der Waals surface area (Å²) >= 11 is 0. The van der Waals surface area contributed by atoms with E-state index in [0.29, 0.717) is 0 Å². The molecule has 54 valence electrons. The average Bonchev–Trinajstić information content (AvgIpc) is 2.34. The average molecular weight is 137 g/mol. The second-order valence-electron chi connectivity index (χ2n) is 2.41. The van der Waals surface area contributed by atoms with Crippen molar-refractivity contribution < 1.29 is 0 Å². The highest BCUT2D eigenvalue weighted by Crippen LogP contribution is 1.90. The summed E-state index contributed by atoms with van der Waals surface area (Å²) in [6.45, 7) is 4.95. The van der Waals surface area contributed by atoms with Gasteiger partial charge in [0.15, 0.2) is 0 Å². The SMILES string of the molecule is CC(C)=CCn1ccnn1. The van der Waals surface area contributed by atoms with Crippen LogP contribution in [0.5, 0.6) is 0 Å². The first kappa shape index (κ1) is 6.99. The molecule has 0 bridgehead atoms.